The van der Waals surface area contributed by atoms with Crippen molar-refractivity contribution in [2.75, 3.05) is 18.6 Å². The topological polar surface area (TPSA) is 83.5 Å². The molecular formula is C9H11NO4S. The van der Waals surface area contributed by atoms with Crippen LogP contribution in [0.25, 0.3) is 0 Å². The standard InChI is InChI=1S/C9H11NO4S/c1-10-8-6(9(11)12)4-3-5-7(8)15(2,13)14/h3-5,10H,1-2H3,(H,11,12). The van der Waals surface area contributed by atoms with Gasteiger partial charge in [-0.3, -0.25) is 0 Å². The number of aromatic carboxylic acids is 1. The number of para-hydroxylation sites is 1. The van der Waals surface area contributed by atoms with Crippen LogP contribution in [0.3, 0.4) is 0 Å². The molecule has 0 bridgehead atoms. The van der Waals surface area contributed by atoms with Gasteiger partial charge in [0.15, 0.2) is 9.84 Å². The van der Waals surface area contributed by atoms with Gasteiger partial charge in [0.25, 0.3) is 0 Å². The minimum Gasteiger partial charge on any atom is -0.478 e. The number of benzene rings is 1. The Morgan fingerprint density at radius 2 is 2.00 bits per heavy atom. The maximum atomic E-state index is 11.4. The third-order valence-corrected chi connectivity index (χ3v) is 3.05. The van der Waals surface area contributed by atoms with E-state index >= 15 is 0 Å². The van der Waals surface area contributed by atoms with Gasteiger partial charge in [0.2, 0.25) is 0 Å². The van der Waals surface area contributed by atoms with Crippen molar-refractivity contribution in [2.45, 2.75) is 4.90 Å². The van der Waals surface area contributed by atoms with Crippen LogP contribution in [0.4, 0.5) is 5.69 Å². The highest BCUT2D eigenvalue weighted by molar-refractivity contribution is 7.90. The van der Waals surface area contributed by atoms with Crippen LogP contribution in [0, 0.1) is 0 Å². The molecular weight excluding hydrogens is 218 g/mol. The van der Waals surface area contributed by atoms with E-state index in [-0.39, 0.29) is 16.1 Å². The molecule has 0 amide bonds. The van der Waals surface area contributed by atoms with E-state index in [4.69, 9.17) is 5.11 Å². The molecule has 0 unspecified atom stereocenters. The molecule has 0 heterocycles. The van der Waals surface area contributed by atoms with E-state index in [1.807, 2.05) is 0 Å². The lowest BCUT2D eigenvalue weighted by Crippen LogP contribution is -2.08. The van der Waals surface area contributed by atoms with E-state index in [9.17, 15) is 13.2 Å². The molecule has 0 saturated heterocycles. The lowest BCUT2D eigenvalue weighted by Gasteiger charge is -2.09. The van der Waals surface area contributed by atoms with Crippen LogP contribution in [0.2, 0.25) is 0 Å². The Morgan fingerprint density at radius 3 is 2.40 bits per heavy atom. The van der Waals surface area contributed by atoms with Crippen LogP contribution >= 0.6 is 0 Å². The summed E-state index contributed by atoms with van der Waals surface area (Å²) in [6.07, 6.45) is 1.04. The molecule has 2 N–H and O–H groups in total. The summed E-state index contributed by atoms with van der Waals surface area (Å²) < 4.78 is 22.7. The first-order valence-corrected chi connectivity index (χ1v) is 6.01. The molecule has 0 saturated carbocycles. The van der Waals surface area contributed by atoms with Crippen LogP contribution in [-0.2, 0) is 9.84 Å². The van der Waals surface area contributed by atoms with Gasteiger partial charge in [-0.1, -0.05) is 6.07 Å². The van der Waals surface area contributed by atoms with Crippen molar-refractivity contribution in [3.8, 4) is 0 Å². The van der Waals surface area contributed by atoms with Crippen molar-refractivity contribution in [3.63, 3.8) is 0 Å². The van der Waals surface area contributed by atoms with Gasteiger partial charge in [-0.15, -0.1) is 0 Å². The van der Waals surface area contributed by atoms with Crippen molar-refractivity contribution in [1.29, 1.82) is 0 Å². The SMILES string of the molecule is CNc1c(C(=O)O)cccc1S(C)(=O)=O. The number of carboxylic acid groups (broad SMARTS) is 1. The third kappa shape index (κ3) is 2.27. The molecule has 0 aliphatic rings. The zero-order valence-corrected chi connectivity index (χ0v) is 9.13. The summed E-state index contributed by atoms with van der Waals surface area (Å²) >= 11 is 0. The van der Waals surface area contributed by atoms with Gasteiger partial charge in [-0.25, -0.2) is 13.2 Å². The van der Waals surface area contributed by atoms with E-state index in [0.29, 0.717) is 0 Å². The second kappa shape index (κ2) is 3.90. The molecule has 0 fully saturated rings. The van der Waals surface area contributed by atoms with Gasteiger partial charge in [0.1, 0.15) is 0 Å². The Kier molecular flexibility index (Phi) is 2.99. The van der Waals surface area contributed by atoms with Crippen LogP contribution in [0.15, 0.2) is 23.1 Å². The van der Waals surface area contributed by atoms with Gasteiger partial charge in [-0.05, 0) is 12.1 Å². The van der Waals surface area contributed by atoms with Gasteiger partial charge in [-0.2, -0.15) is 0 Å². The Labute approximate surface area is 87.7 Å². The minimum absolute atomic E-state index is 0.00935. The van der Waals surface area contributed by atoms with Gasteiger partial charge in [0.05, 0.1) is 16.1 Å². The van der Waals surface area contributed by atoms with Gasteiger partial charge in [0, 0.05) is 13.3 Å². The number of rotatable bonds is 3. The second-order valence-corrected chi connectivity index (χ2v) is 4.99. The molecule has 0 atom stereocenters. The number of hydrogen-bond donors (Lipinski definition) is 2. The average Bonchev–Trinajstić information content (AvgIpc) is 2.15. The Morgan fingerprint density at radius 1 is 1.40 bits per heavy atom. The van der Waals surface area contributed by atoms with E-state index < -0.39 is 15.8 Å². The summed E-state index contributed by atoms with van der Waals surface area (Å²) in [5, 5.41) is 11.4. The lowest BCUT2D eigenvalue weighted by molar-refractivity contribution is 0.0697. The monoisotopic (exact) mass is 229 g/mol. The van der Waals surface area contributed by atoms with E-state index in [2.05, 4.69) is 5.32 Å². The first kappa shape index (κ1) is 11.5. The Bertz CT molecular complexity index is 493. The predicted octanol–water partition coefficient (Wildman–Crippen LogP) is 0.830. The summed E-state index contributed by atoms with van der Waals surface area (Å²) in [6, 6.07) is 4.12. The second-order valence-electron chi connectivity index (χ2n) is 3.01. The number of hydrogen-bond acceptors (Lipinski definition) is 4. The maximum Gasteiger partial charge on any atom is 0.337 e. The predicted molar refractivity (Wildman–Crippen MR) is 56.1 cm³/mol. The molecule has 1 rings (SSSR count). The average molecular weight is 229 g/mol. The number of sulfone groups is 1. The Balaban J connectivity index is 3.56. The van der Waals surface area contributed by atoms with E-state index in [1.54, 1.807) is 0 Å². The highest BCUT2D eigenvalue weighted by atomic mass is 32.2. The molecule has 6 heteroatoms. The number of anilines is 1. The highest BCUT2D eigenvalue weighted by Gasteiger charge is 2.18. The zero-order valence-electron chi connectivity index (χ0n) is 8.31. The number of nitrogens with one attached hydrogen (secondary N) is 1. The fraction of sp³-hybridized carbons (Fsp3) is 0.222. The molecule has 0 aromatic heterocycles. The van der Waals surface area contributed by atoms with Crippen molar-refractivity contribution in [2.24, 2.45) is 0 Å². The van der Waals surface area contributed by atoms with Crippen LogP contribution < -0.4 is 5.32 Å². The van der Waals surface area contributed by atoms with Crippen LogP contribution in [-0.4, -0.2) is 32.8 Å². The molecule has 0 radical (unpaired) electrons. The summed E-state index contributed by atoms with van der Waals surface area (Å²) in [5.74, 6) is -1.16. The molecule has 0 aliphatic heterocycles. The molecule has 0 aliphatic carbocycles. The zero-order chi connectivity index (χ0) is 11.6. The highest BCUT2D eigenvalue weighted by Crippen LogP contribution is 2.24. The molecule has 5 nitrogen and oxygen atoms in total. The van der Waals surface area contributed by atoms with Crippen molar-refractivity contribution in [3.05, 3.63) is 23.8 Å². The van der Waals surface area contributed by atoms with Crippen molar-refractivity contribution < 1.29 is 18.3 Å². The van der Waals surface area contributed by atoms with Gasteiger partial charge < -0.3 is 10.4 Å². The first-order valence-electron chi connectivity index (χ1n) is 4.12. The van der Waals surface area contributed by atoms with E-state index in [0.717, 1.165) is 6.26 Å². The van der Waals surface area contributed by atoms with Crippen LogP contribution in [0.5, 0.6) is 0 Å². The minimum atomic E-state index is -3.43. The van der Waals surface area contributed by atoms with Crippen molar-refractivity contribution in [1.82, 2.24) is 0 Å². The summed E-state index contributed by atoms with van der Waals surface area (Å²) in [5.41, 5.74) is 0.0629. The fourth-order valence-electron chi connectivity index (χ4n) is 1.28. The Hall–Kier alpha value is -1.56. The van der Waals surface area contributed by atoms with E-state index in [1.165, 1.54) is 25.2 Å². The first-order chi connectivity index (χ1) is 6.88. The normalized spacial score (nSPS) is 11.1. The summed E-state index contributed by atoms with van der Waals surface area (Å²) in [6.45, 7) is 0. The third-order valence-electron chi connectivity index (χ3n) is 1.91. The number of carboxylic acids is 1. The molecule has 1 aromatic rings. The van der Waals surface area contributed by atoms with Gasteiger partial charge >= 0.3 is 5.97 Å². The smallest absolute Gasteiger partial charge is 0.337 e. The van der Waals surface area contributed by atoms with Crippen molar-refractivity contribution >= 4 is 21.5 Å². The maximum absolute atomic E-state index is 11.4. The fourth-order valence-corrected chi connectivity index (χ4v) is 2.18. The summed E-state index contributed by atoms with van der Waals surface area (Å²) in [7, 11) is -1.94. The largest absolute Gasteiger partial charge is 0.478 e. The summed E-state index contributed by atoms with van der Waals surface area (Å²) in [4.78, 5) is 10.8. The molecule has 1 aromatic carbocycles. The molecule has 82 valence electrons. The molecule has 15 heavy (non-hydrogen) atoms. The van der Waals surface area contributed by atoms with Crippen LogP contribution in [0.1, 0.15) is 10.4 Å². The lowest BCUT2D eigenvalue weighted by atomic mass is 10.2. The quantitative estimate of drug-likeness (QED) is 0.802. The number of carbonyl (C=O) groups is 1. The molecule has 0 spiro atoms.